The topological polar surface area (TPSA) is 106 Å². The fourth-order valence-corrected chi connectivity index (χ4v) is 4.36. The lowest BCUT2D eigenvalue weighted by Gasteiger charge is -2.22. The lowest BCUT2D eigenvalue weighted by Crippen LogP contribution is -2.19. The van der Waals surface area contributed by atoms with Crippen molar-refractivity contribution in [2.45, 2.75) is 32.6 Å². The van der Waals surface area contributed by atoms with E-state index in [1.807, 2.05) is 17.6 Å². The summed E-state index contributed by atoms with van der Waals surface area (Å²) < 4.78 is 1.52. The number of carbonyl (C=O) groups is 1. The molecule has 1 aliphatic rings. The van der Waals surface area contributed by atoms with Crippen molar-refractivity contribution in [3.05, 3.63) is 34.9 Å². The zero-order valence-corrected chi connectivity index (χ0v) is 19.1. The van der Waals surface area contributed by atoms with Gasteiger partial charge in [-0.1, -0.05) is 22.9 Å². The first-order chi connectivity index (χ1) is 14.4. The van der Waals surface area contributed by atoms with Crippen molar-refractivity contribution in [1.29, 1.82) is 0 Å². The van der Waals surface area contributed by atoms with Crippen molar-refractivity contribution >= 4 is 61.8 Å². The van der Waals surface area contributed by atoms with E-state index in [9.17, 15) is 4.79 Å². The first-order valence-electron chi connectivity index (χ1n) is 9.62. The van der Waals surface area contributed by atoms with E-state index in [2.05, 4.69) is 50.7 Å². The van der Waals surface area contributed by atoms with E-state index in [1.54, 1.807) is 22.5 Å². The normalized spacial score (nSPS) is 19.2. The maximum atomic E-state index is 10.5. The van der Waals surface area contributed by atoms with Gasteiger partial charge < -0.3 is 10.8 Å². The first-order valence-corrected chi connectivity index (χ1v) is 11.4. The van der Waals surface area contributed by atoms with Crippen LogP contribution in [0.2, 0.25) is 0 Å². The highest BCUT2D eigenvalue weighted by Crippen LogP contribution is 2.33. The van der Waals surface area contributed by atoms with Crippen LogP contribution >= 0.6 is 27.3 Å². The molecule has 3 heterocycles. The average molecular weight is 490 g/mol. The first kappa shape index (κ1) is 22.2. The van der Waals surface area contributed by atoms with Gasteiger partial charge >= 0.3 is 5.97 Å². The van der Waals surface area contributed by atoms with E-state index < -0.39 is 5.97 Å². The van der Waals surface area contributed by atoms with Crippen molar-refractivity contribution in [3.63, 3.8) is 0 Å². The molecule has 7 nitrogen and oxygen atoms in total. The van der Waals surface area contributed by atoms with Crippen LogP contribution in [0, 0.1) is 11.8 Å². The molecule has 158 valence electrons. The number of aromatic nitrogens is 3. The van der Waals surface area contributed by atoms with E-state index in [-0.39, 0.29) is 5.92 Å². The van der Waals surface area contributed by atoms with Crippen LogP contribution in [0.25, 0.3) is 27.2 Å². The second kappa shape index (κ2) is 9.99. The van der Waals surface area contributed by atoms with E-state index in [1.165, 1.54) is 4.68 Å². The van der Waals surface area contributed by atoms with Gasteiger partial charge in [-0.2, -0.15) is 9.78 Å². The van der Waals surface area contributed by atoms with Crippen LogP contribution in [0.5, 0.6) is 0 Å². The molecule has 30 heavy (non-hydrogen) atoms. The third-order valence-corrected chi connectivity index (χ3v) is 6.54. The quantitative estimate of drug-likeness (QED) is 0.470. The van der Waals surface area contributed by atoms with Crippen molar-refractivity contribution < 1.29 is 9.90 Å². The molecule has 1 fully saturated rings. The summed E-state index contributed by atoms with van der Waals surface area (Å²) in [5.74, 6) is 1.12. The number of carboxylic acids is 1. The Morgan fingerprint density at radius 1 is 1.40 bits per heavy atom. The standard InChI is InChI=1S/C13H10BrN5S.C8H14O2/c1-16-12-10(7-18-19(12)11(15)5-14)9-4-8-2-3-20-13(8)17-6-9;1-6-2-4-7(5-3-6)8(9)10/h2-7H,1,15H2;6-7H,2-5H2,1H3,(H,9,10)/b11-5+;. The van der Waals surface area contributed by atoms with E-state index in [0.717, 1.165) is 52.9 Å². The van der Waals surface area contributed by atoms with Crippen molar-refractivity contribution in [1.82, 2.24) is 14.8 Å². The summed E-state index contributed by atoms with van der Waals surface area (Å²) in [6.07, 6.45) is 7.48. The fraction of sp³-hybridized carbons (Fsp3) is 0.333. The zero-order valence-electron chi connectivity index (χ0n) is 16.7. The maximum absolute atomic E-state index is 10.5. The van der Waals surface area contributed by atoms with Gasteiger partial charge in [0.25, 0.3) is 0 Å². The number of carboxylic acid groups (broad SMARTS) is 1. The molecular formula is C21H24BrN5O2S. The van der Waals surface area contributed by atoms with Crippen molar-refractivity contribution in [3.8, 4) is 11.1 Å². The minimum absolute atomic E-state index is 0.0452. The molecule has 1 saturated carbocycles. The van der Waals surface area contributed by atoms with Gasteiger partial charge in [-0.3, -0.25) is 4.79 Å². The Balaban J connectivity index is 0.000000216. The predicted octanol–water partition coefficient (Wildman–Crippen LogP) is 5.50. The molecule has 0 aromatic carbocycles. The van der Waals surface area contributed by atoms with Crippen LogP contribution in [0.15, 0.2) is 39.9 Å². The Labute approximate surface area is 187 Å². The molecule has 0 atom stereocenters. The number of hydrogen-bond donors (Lipinski definition) is 2. The highest BCUT2D eigenvalue weighted by Gasteiger charge is 2.23. The maximum Gasteiger partial charge on any atom is 0.306 e. The molecule has 4 rings (SSSR count). The molecule has 9 heteroatoms. The van der Waals surface area contributed by atoms with E-state index in [0.29, 0.717) is 11.6 Å². The van der Waals surface area contributed by atoms with Gasteiger partial charge in [0.15, 0.2) is 5.82 Å². The van der Waals surface area contributed by atoms with Crippen molar-refractivity contribution in [2.24, 2.45) is 22.6 Å². The molecule has 3 aromatic heterocycles. The van der Waals surface area contributed by atoms with Crippen LogP contribution in [0.4, 0.5) is 5.82 Å². The number of pyridine rings is 1. The van der Waals surface area contributed by atoms with Gasteiger partial charge in [0.2, 0.25) is 0 Å². The lowest BCUT2D eigenvalue weighted by atomic mass is 9.83. The van der Waals surface area contributed by atoms with Gasteiger partial charge in [0, 0.05) is 27.7 Å². The van der Waals surface area contributed by atoms with E-state index in [4.69, 9.17) is 10.8 Å². The third kappa shape index (κ3) is 4.96. The molecule has 3 N–H and O–H groups in total. The molecule has 3 aromatic rings. The summed E-state index contributed by atoms with van der Waals surface area (Å²) in [6.45, 7) is 5.78. The molecule has 0 unspecified atom stereocenters. The summed E-state index contributed by atoms with van der Waals surface area (Å²) in [5, 5.41) is 16.0. The lowest BCUT2D eigenvalue weighted by molar-refractivity contribution is -0.143. The zero-order chi connectivity index (χ0) is 21.7. The van der Waals surface area contributed by atoms with Crippen LogP contribution < -0.4 is 5.73 Å². The summed E-state index contributed by atoms with van der Waals surface area (Å²) >= 11 is 4.80. The Morgan fingerprint density at radius 2 is 2.13 bits per heavy atom. The number of thiophene rings is 1. The Kier molecular flexibility index (Phi) is 7.38. The third-order valence-electron chi connectivity index (χ3n) is 5.23. The smallest absolute Gasteiger partial charge is 0.306 e. The van der Waals surface area contributed by atoms with Crippen LogP contribution in [0.1, 0.15) is 32.6 Å². The Morgan fingerprint density at radius 3 is 2.77 bits per heavy atom. The second-order valence-electron chi connectivity index (χ2n) is 7.32. The molecule has 1 aliphatic carbocycles. The average Bonchev–Trinajstić information content (AvgIpc) is 3.40. The van der Waals surface area contributed by atoms with Gasteiger partial charge in [0.05, 0.1) is 12.1 Å². The minimum Gasteiger partial charge on any atom is -0.481 e. The summed E-state index contributed by atoms with van der Waals surface area (Å²) in [4.78, 5) is 21.5. The molecule has 0 spiro atoms. The highest BCUT2D eigenvalue weighted by molar-refractivity contribution is 9.11. The Bertz CT molecular complexity index is 1070. The monoisotopic (exact) mass is 489 g/mol. The molecule has 0 bridgehead atoms. The van der Waals surface area contributed by atoms with Crippen LogP contribution in [0.3, 0.4) is 0 Å². The van der Waals surface area contributed by atoms with Gasteiger partial charge in [-0.05, 0) is 55.8 Å². The fourth-order valence-electron chi connectivity index (χ4n) is 3.45. The van der Waals surface area contributed by atoms with Gasteiger partial charge in [0.1, 0.15) is 10.7 Å². The predicted molar refractivity (Wildman–Crippen MR) is 126 cm³/mol. The van der Waals surface area contributed by atoms with Crippen LogP contribution in [-0.2, 0) is 4.79 Å². The molecule has 0 amide bonds. The van der Waals surface area contributed by atoms with Gasteiger partial charge in [-0.25, -0.2) is 9.98 Å². The van der Waals surface area contributed by atoms with Gasteiger partial charge in [-0.15, -0.1) is 11.3 Å². The number of aliphatic imine (C=N–C) groups is 1. The number of aliphatic carboxylic acids is 1. The second-order valence-corrected chi connectivity index (χ2v) is 8.67. The van der Waals surface area contributed by atoms with Crippen LogP contribution in [-0.4, -0.2) is 32.6 Å². The number of nitrogens with zero attached hydrogens (tertiary/aromatic N) is 4. The summed E-state index contributed by atoms with van der Waals surface area (Å²) in [6, 6.07) is 4.09. The number of fused-ring (bicyclic) bond motifs is 1. The van der Waals surface area contributed by atoms with Crippen molar-refractivity contribution in [2.75, 3.05) is 0 Å². The largest absolute Gasteiger partial charge is 0.481 e. The number of nitrogens with two attached hydrogens (primary N) is 1. The number of rotatable bonds is 4. The SMILES string of the molecule is C=Nc1c(-c2cnc3sccc3c2)cnn1/C(N)=C/Br.CC1CCC(C(=O)O)CC1. The molecule has 0 saturated heterocycles. The number of hydrogen-bond acceptors (Lipinski definition) is 6. The van der Waals surface area contributed by atoms with E-state index >= 15 is 0 Å². The summed E-state index contributed by atoms with van der Waals surface area (Å²) in [7, 11) is 0. The molecule has 0 radical (unpaired) electrons. The summed E-state index contributed by atoms with van der Waals surface area (Å²) in [5.41, 5.74) is 7.63. The molecular weight excluding hydrogens is 466 g/mol. The number of halogens is 1. The minimum atomic E-state index is -0.605. The molecule has 0 aliphatic heterocycles. The Hall–Kier alpha value is -2.52. The highest BCUT2D eigenvalue weighted by atomic mass is 79.9.